The number of benzene rings is 2. The van der Waals surface area contributed by atoms with Gasteiger partial charge >= 0.3 is 5.97 Å². The van der Waals surface area contributed by atoms with E-state index >= 15 is 0 Å². The summed E-state index contributed by atoms with van der Waals surface area (Å²) in [5.74, 6) is -0.667. The van der Waals surface area contributed by atoms with Crippen LogP contribution in [0.3, 0.4) is 0 Å². The maximum Gasteiger partial charge on any atom is 0.356 e. The Balaban J connectivity index is 2.17. The van der Waals surface area contributed by atoms with Crippen molar-refractivity contribution in [2.45, 2.75) is 24.2 Å². The van der Waals surface area contributed by atoms with Crippen molar-refractivity contribution in [3.05, 3.63) is 64.3 Å². The quantitative estimate of drug-likeness (QED) is 0.639. The van der Waals surface area contributed by atoms with Crippen LogP contribution < -0.4 is 0 Å². The van der Waals surface area contributed by atoms with E-state index in [1.165, 1.54) is 19.2 Å². The molecule has 1 aromatic heterocycles. The third-order valence-corrected chi connectivity index (χ3v) is 6.65. The van der Waals surface area contributed by atoms with E-state index in [4.69, 9.17) is 16.3 Å². The molecule has 2 aromatic carbocycles. The third kappa shape index (κ3) is 2.44. The molecule has 0 unspecified atom stereocenters. The maximum atomic E-state index is 13.4. The molecule has 3 aromatic rings. The molecule has 5 nitrogen and oxygen atoms in total. The van der Waals surface area contributed by atoms with Crippen LogP contribution in [0.15, 0.2) is 47.4 Å². The number of hydrogen-bond donors (Lipinski definition) is 0. The molecule has 1 heterocycles. The first-order chi connectivity index (χ1) is 12.4. The molecule has 1 aliphatic carbocycles. The Labute approximate surface area is 156 Å². The summed E-state index contributed by atoms with van der Waals surface area (Å²) in [5.41, 5.74) is 2.16. The van der Waals surface area contributed by atoms with E-state index in [-0.39, 0.29) is 10.6 Å². The molecule has 0 amide bonds. The topological polar surface area (TPSA) is 65.4 Å². The molecule has 4 rings (SSSR count). The normalized spacial score (nSPS) is 13.8. The molecule has 7 heteroatoms. The number of nitrogens with zero attached hydrogens (tertiary/aromatic N) is 1. The first-order valence-electron chi connectivity index (χ1n) is 8.20. The van der Waals surface area contributed by atoms with Crippen LogP contribution in [0.25, 0.3) is 10.9 Å². The minimum Gasteiger partial charge on any atom is -0.464 e. The van der Waals surface area contributed by atoms with Crippen molar-refractivity contribution in [3.63, 3.8) is 0 Å². The first kappa shape index (κ1) is 17.1. The van der Waals surface area contributed by atoms with Crippen molar-refractivity contribution in [3.8, 4) is 0 Å². The molecule has 0 saturated heterocycles. The second-order valence-electron chi connectivity index (χ2n) is 6.21. The van der Waals surface area contributed by atoms with Gasteiger partial charge in [-0.25, -0.2) is 17.2 Å². The van der Waals surface area contributed by atoms with E-state index in [1.807, 2.05) is 6.07 Å². The van der Waals surface area contributed by atoms with E-state index in [0.29, 0.717) is 22.5 Å². The van der Waals surface area contributed by atoms with Crippen molar-refractivity contribution in [1.82, 2.24) is 3.97 Å². The Morgan fingerprint density at radius 1 is 1.15 bits per heavy atom. The van der Waals surface area contributed by atoms with Crippen LogP contribution in [0.2, 0.25) is 5.02 Å². The van der Waals surface area contributed by atoms with Gasteiger partial charge in [-0.1, -0.05) is 29.8 Å². The fourth-order valence-corrected chi connectivity index (χ4v) is 5.44. The van der Waals surface area contributed by atoms with Crippen molar-refractivity contribution in [1.29, 1.82) is 0 Å². The second kappa shape index (κ2) is 6.14. The molecule has 0 spiro atoms. The predicted molar refractivity (Wildman–Crippen MR) is 99.3 cm³/mol. The minimum absolute atomic E-state index is 0.0644. The Bertz CT molecular complexity index is 1130. The van der Waals surface area contributed by atoms with Crippen LogP contribution in [0, 0.1) is 0 Å². The summed E-state index contributed by atoms with van der Waals surface area (Å²) < 4.78 is 32.8. The minimum atomic E-state index is -3.99. The Hall–Kier alpha value is -2.31. The number of aryl methyl sites for hydroxylation is 2. The van der Waals surface area contributed by atoms with E-state index in [1.54, 1.807) is 24.3 Å². The fraction of sp³-hybridized carbons (Fsp3) is 0.211. The van der Waals surface area contributed by atoms with Crippen molar-refractivity contribution in [2.75, 3.05) is 7.11 Å². The lowest BCUT2D eigenvalue weighted by molar-refractivity contribution is 0.0592. The van der Waals surface area contributed by atoms with E-state index in [2.05, 4.69) is 0 Å². The molecule has 26 heavy (non-hydrogen) atoms. The van der Waals surface area contributed by atoms with E-state index in [0.717, 1.165) is 27.8 Å². The summed E-state index contributed by atoms with van der Waals surface area (Å²) in [4.78, 5) is 12.6. The molecule has 0 N–H and O–H groups in total. The number of hydrogen-bond acceptors (Lipinski definition) is 4. The van der Waals surface area contributed by atoms with Crippen LogP contribution in [0.1, 0.15) is 28.0 Å². The molecular weight excluding hydrogens is 374 g/mol. The van der Waals surface area contributed by atoms with Crippen LogP contribution in [0.5, 0.6) is 0 Å². The summed E-state index contributed by atoms with van der Waals surface area (Å²) in [7, 11) is -2.74. The maximum absolute atomic E-state index is 13.4. The summed E-state index contributed by atoms with van der Waals surface area (Å²) in [6.45, 7) is 0. The Kier molecular flexibility index (Phi) is 4.04. The van der Waals surface area contributed by atoms with Gasteiger partial charge in [0.1, 0.15) is 5.69 Å². The third-order valence-electron chi connectivity index (χ3n) is 4.71. The van der Waals surface area contributed by atoms with Crippen LogP contribution in [-0.4, -0.2) is 25.5 Å². The Morgan fingerprint density at radius 3 is 2.58 bits per heavy atom. The smallest absolute Gasteiger partial charge is 0.356 e. The standard InChI is InChI=1S/C19H16ClNO4S/c1-25-19(22)18-15-9-5-6-12-10-13(20)11-16(17(12)15)21(18)26(23,24)14-7-3-2-4-8-14/h2-4,7-8,10-11H,5-6,9H2,1H3. The molecule has 134 valence electrons. The van der Waals surface area contributed by atoms with Gasteiger partial charge in [-0.3, -0.25) is 0 Å². The van der Waals surface area contributed by atoms with Crippen LogP contribution in [0.4, 0.5) is 0 Å². The summed E-state index contributed by atoms with van der Waals surface area (Å²) >= 11 is 6.25. The number of carbonyl (C=O) groups excluding carboxylic acids is 1. The van der Waals surface area contributed by atoms with Crippen LogP contribution in [-0.2, 0) is 27.6 Å². The van der Waals surface area contributed by atoms with Gasteiger partial charge in [-0.2, -0.15) is 0 Å². The number of carbonyl (C=O) groups is 1. The van der Waals surface area contributed by atoms with Gasteiger partial charge in [0.15, 0.2) is 0 Å². The highest BCUT2D eigenvalue weighted by atomic mass is 35.5. The van der Waals surface area contributed by atoms with E-state index in [9.17, 15) is 13.2 Å². The van der Waals surface area contributed by atoms with Gasteiger partial charge < -0.3 is 4.74 Å². The number of halogens is 1. The van der Waals surface area contributed by atoms with Gasteiger partial charge in [0.25, 0.3) is 10.0 Å². The second-order valence-corrected chi connectivity index (χ2v) is 8.44. The van der Waals surface area contributed by atoms with Crippen molar-refractivity contribution >= 4 is 38.5 Å². The molecule has 0 fully saturated rings. The number of rotatable bonds is 3. The average molecular weight is 390 g/mol. The molecule has 1 aliphatic rings. The first-order valence-corrected chi connectivity index (χ1v) is 10.0. The molecule has 0 aliphatic heterocycles. The zero-order valence-corrected chi connectivity index (χ0v) is 15.6. The number of esters is 1. The molecular formula is C19H16ClNO4S. The highest BCUT2D eigenvalue weighted by molar-refractivity contribution is 7.90. The lowest BCUT2D eigenvalue weighted by Crippen LogP contribution is -2.20. The van der Waals surface area contributed by atoms with Gasteiger partial charge in [0.2, 0.25) is 0 Å². The molecule has 0 atom stereocenters. The number of ether oxygens (including phenoxy) is 1. The van der Waals surface area contributed by atoms with Crippen molar-refractivity contribution in [2.24, 2.45) is 0 Å². The SMILES string of the molecule is COC(=O)c1c2c3c(cc(Cl)cc3n1S(=O)(=O)c1ccccc1)CCC2. The monoisotopic (exact) mass is 389 g/mol. The molecule has 0 radical (unpaired) electrons. The van der Waals surface area contributed by atoms with E-state index < -0.39 is 16.0 Å². The van der Waals surface area contributed by atoms with Crippen molar-refractivity contribution < 1.29 is 17.9 Å². The predicted octanol–water partition coefficient (Wildman–Crippen LogP) is 3.81. The Morgan fingerprint density at radius 2 is 1.88 bits per heavy atom. The number of methoxy groups -OCH3 is 1. The summed E-state index contributed by atoms with van der Waals surface area (Å²) in [6, 6.07) is 11.5. The zero-order valence-electron chi connectivity index (χ0n) is 14.0. The lowest BCUT2D eigenvalue weighted by atomic mass is 9.91. The zero-order chi connectivity index (χ0) is 18.5. The lowest BCUT2D eigenvalue weighted by Gasteiger charge is -2.13. The fourth-order valence-electron chi connectivity index (χ4n) is 3.66. The highest BCUT2D eigenvalue weighted by Gasteiger charge is 2.33. The summed E-state index contributed by atoms with van der Waals surface area (Å²) in [5, 5.41) is 1.24. The van der Waals surface area contributed by atoms with Gasteiger partial charge in [-0.05, 0) is 54.7 Å². The highest BCUT2D eigenvalue weighted by Crippen LogP contribution is 2.38. The average Bonchev–Trinajstić information content (AvgIpc) is 2.98. The molecule has 0 saturated carbocycles. The summed E-state index contributed by atoms with van der Waals surface area (Å²) in [6.07, 6.45) is 2.23. The molecule has 0 bridgehead atoms. The van der Waals surface area contributed by atoms with Gasteiger partial charge in [0, 0.05) is 10.4 Å². The van der Waals surface area contributed by atoms with Crippen LogP contribution >= 0.6 is 11.6 Å². The largest absolute Gasteiger partial charge is 0.464 e. The van der Waals surface area contributed by atoms with Gasteiger partial charge in [0.05, 0.1) is 17.5 Å². The van der Waals surface area contributed by atoms with Gasteiger partial charge in [-0.15, -0.1) is 0 Å². The number of aromatic nitrogens is 1.